The Hall–Kier alpha value is -0.820. The number of hydrogen-bond donors (Lipinski definition) is 0. The zero-order valence-electron chi connectivity index (χ0n) is 4.80. The predicted octanol–water partition coefficient (Wildman–Crippen LogP) is 1.05. The van der Waals surface area contributed by atoms with Crippen LogP contribution < -0.4 is 0 Å². The minimum absolute atomic E-state index is 0.551. The van der Waals surface area contributed by atoms with Crippen LogP contribution in [-0.4, -0.2) is 9.78 Å². The molecule has 0 saturated carbocycles. The molecular weight excluding hydrogens is 182 g/mol. The van der Waals surface area contributed by atoms with Gasteiger partial charge in [0, 0.05) is 7.05 Å². The van der Waals surface area contributed by atoms with E-state index in [2.05, 4.69) is 21.0 Å². The second-order valence-corrected chi connectivity index (χ2v) is 2.43. The lowest BCUT2D eigenvalue weighted by Crippen LogP contribution is -1.92. The van der Waals surface area contributed by atoms with Gasteiger partial charge in [-0.15, -0.1) is 0 Å². The number of hydrogen-bond acceptors (Lipinski definition) is 2. The molecule has 1 heterocycles. The Bertz CT molecular complexity index is 238. The Morgan fingerprint density at radius 3 is 2.78 bits per heavy atom. The Labute approximate surface area is 61.0 Å². The summed E-state index contributed by atoms with van der Waals surface area (Å²) in [5, 5.41) is 12.3. The fourth-order valence-corrected chi connectivity index (χ4v) is 0.973. The number of halogens is 1. The minimum Gasteiger partial charge on any atom is -0.257 e. The molecule has 0 spiro atoms. The Kier molecular flexibility index (Phi) is 1.54. The molecule has 0 aliphatic carbocycles. The van der Waals surface area contributed by atoms with Crippen LogP contribution in [0.15, 0.2) is 10.7 Å². The summed E-state index contributed by atoms with van der Waals surface area (Å²) < 4.78 is 2.26. The van der Waals surface area contributed by atoms with Crippen LogP contribution in [0, 0.1) is 11.3 Å². The molecule has 0 fully saturated rings. The SMILES string of the molecule is Cn1ncc(Br)c1C#N. The van der Waals surface area contributed by atoms with Gasteiger partial charge < -0.3 is 0 Å². The molecule has 3 nitrogen and oxygen atoms in total. The van der Waals surface area contributed by atoms with Crippen molar-refractivity contribution in [1.82, 2.24) is 9.78 Å². The molecule has 0 N–H and O–H groups in total. The van der Waals surface area contributed by atoms with Crippen LogP contribution in [0.3, 0.4) is 0 Å². The molecule has 1 aromatic rings. The monoisotopic (exact) mass is 185 g/mol. The van der Waals surface area contributed by atoms with Crippen LogP contribution in [-0.2, 0) is 7.05 Å². The summed E-state index contributed by atoms with van der Waals surface area (Å²) >= 11 is 3.17. The zero-order chi connectivity index (χ0) is 6.85. The molecular formula is C5H4BrN3. The highest BCUT2D eigenvalue weighted by Gasteiger charge is 2.01. The van der Waals surface area contributed by atoms with Crippen molar-refractivity contribution in [1.29, 1.82) is 5.26 Å². The molecule has 0 aliphatic heterocycles. The van der Waals surface area contributed by atoms with Crippen LogP contribution in [0.1, 0.15) is 5.69 Å². The summed E-state index contributed by atoms with van der Waals surface area (Å²) in [6, 6.07) is 2.00. The molecule has 0 aromatic carbocycles. The molecule has 4 heteroatoms. The van der Waals surface area contributed by atoms with Crippen molar-refractivity contribution in [2.24, 2.45) is 7.05 Å². The van der Waals surface area contributed by atoms with Crippen molar-refractivity contribution >= 4 is 15.9 Å². The molecule has 1 rings (SSSR count). The van der Waals surface area contributed by atoms with E-state index in [0.717, 1.165) is 4.47 Å². The van der Waals surface area contributed by atoms with Gasteiger partial charge in [0.2, 0.25) is 0 Å². The van der Waals surface area contributed by atoms with Crippen LogP contribution in [0.4, 0.5) is 0 Å². The lowest BCUT2D eigenvalue weighted by molar-refractivity contribution is 0.755. The smallest absolute Gasteiger partial charge is 0.152 e. The molecule has 0 unspecified atom stereocenters. The standard InChI is InChI=1S/C5H4BrN3/c1-9-5(2-7)4(6)3-8-9/h3H,1H3. The number of nitrogens with zero attached hydrogens (tertiary/aromatic N) is 3. The maximum atomic E-state index is 8.45. The topological polar surface area (TPSA) is 41.6 Å². The fraction of sp³-hybridized carbons (Fsp3) is 0.200. The third kappa shape index (κ3) is 0.958. The van der Waals surface area contributed by atoms with E-state index in [1.165, 1.54) is 4.68 Å². The van der Waals surface area contributed by atoms with E-state index in [4.69, 9.17) is 5.26 Å². The highest BCUT2D eigenvalue weighted by Crippen LogP contribution is 2.12. The highest BCUT2D eigenvalue weighted by molar-refractivity contribution is 9.10. The first-order valence-electron chi connectivity index (χ1n) is 2.33. The van der Waals surface area contributed by atoms with E-state index in [1.54, 1.807) is 13.2 Å². The summed E-state index contributed by atoms with van der Waals surface area (Å²) in [5.41, 5.74) is 0.551. The lowest BCUT2D eigenvalue weighted by Gasteiger charge is -1.86. The number of rotatable bonds is 0. The van der Waals surface area contributed by atoms with Gasteiger partial charge in [0.1, 0.15) is 6.07 Å². The number of aromatic nitrogens is 2. The maximum Gasteiger partial charge on any atom is 0.152 e. The molecule has 0 amide bonds. The molecule has 0 saturated heterocycles. The van der Waals surface area contributed by atoms with Crippen LogP contribution in [0.2, 0.25) is 0 Å². The minimum atomic E-state index is 0.551. The van der Waals surface area contributed by atoms with E-state index < -0.39 is 0 Å². The van der Waals surface area contributed by atoms with Gasteiger partial charge in [-0.1, -0.05) is 0 Å². The number of aryl methyl sites for hydroxylation is 1. The van der Waals surface area contributed by atoms with Gasteiger partial charge in [0.05, 0.1) is 10.7 Å². The third-order valence-corrected chi connectivity index (χ3v) is 1.58. The van der Waals surface area contributed by atoms with Gasteiger partial charge in [0.25, 0.3) is 0 Å². The zero-order valence-corrected chi connectivity index (χ0v) is 6.38. The van der Waals surface area contributed by atoms with Gasteiger partial charge in [-0.25, -0.2) is 0 Å². The maximum absolute atomic E-state index is 8.45. The summed E-state index contributed by atoms with van der Waals surface area (Å²) in [4.78, 5) is 0. The van der Waals surface area contributed by atoms with Crippen LogP contribution in [0.5, 0.6) is 0 Å². The van der Waals surface area contributed by atoms with E-state index in [1.807, 2.05) is 6.07 Å². The van der Waals surface area contributed by atoms with Crippen molar-refractivity contribution in [3.63, 3.8) is 0 Å². The molecule has 0 bridgehead atoms. The van der Waals surface area contributed by atoms with Crippen molar-refractivity contribution in [3.8, 4) is 6.07 Å². The van der Waals surface area contributed by atoms with Gasteiger partial charge in [-0.2, -0.15) is 10.4 Å². The Balaban J connectivity index is 3.27. The van der Waals surface area contributed by atoms with Gasteiger partial charge in [-0.05, 0) is 15.9 Å². The molecule has 9 heavy (non-hydrogen) atoms. The van der Waals surface area contributed by atoms with Crippen molar-refractivity contribution in [3.05, 3.63) is 16.4 Å². The Morgan fingerprint density at radius 2 is 2.56 bits per heavy atom. The normalized spacial score (nSPS) is 9.00. The summed E-state index contributed by atoms with van der Waals surface area (Å²) in [7, 11) is 1.73. The first-order valence-corrected chi connectivity index (χ1v) is 3.12. The van der Waals surface area contributed by atoms with E-state index in [-0.39, 0.29) is 0 Å². The lowest BCUT2D eigenvalue weighted by atomic mass is 10.5. The van der Waals surface area contributed by atoms with Gasteiger partial charge in [0.15, 0.2) is 5.69 Å². The number of nitriles is 1. The van der Waals surface area contributed by atoms with E-state index >= 15 is 0 Å². The Morgan fingerprint density at radius 1 is 1.89 bits per heavy atom. The van der Waals surface area contributed by atoms with E-state index in [0.29, 0.717) is 5.69 Å². The van der Waals surface area contributed by atoms with E-state index in [9.17, 15) is 0 Å². The largest absolute Gasteiger partial charge is 0.257 e. The molecule has 0 atom stereocenters. The van der Waals surface area contributed by atoms with Crippen molar-refractivity contribution < 1.29 is 0 Å². The summed E-state index contributed by atoms with van der Waals surface area (Å²) in [6.07, 6.45) is 1.60. The average molecular weight is 186 g/mol. The van der Waals surface area contributed by atoms with Gasteiger partial charge in [-0.3, -0.25) is 4.68 Å². The molecule has 1 aromatic heterocycles. The summed E-state index contributed by atoms with van der Waals surface area (Å²) in [5.74, 6) is 0. The molecule has 0 radical (unpaired) electrons. The first-order chi connectivity index (χ1) is 4.25. The highest BCUT2D eigenvalue weighted by atomic mass is 79.9. The van der Waals surface area contributed by atoms with Crippen LogP contribution >= 0.6 is 15.9 Å². The first kappa shape index (κ1) is 6.30. The average Bonchev–Trinajstić information content (AvgIpc) is 2.12. The fourth-order valence-electron chi connectivity index (χ4n) is 0.537. The van der Waals surface area contributed by atoms with Crippen LogP contribution in [0.25, 0.3) is 0 Å². The summed E-state index contributed by atoms with van der Waals surface area (Å²) in [6.45, 7) is 0. The predicted molar refractivity (Wildman–Crippen MR) is 35.6 cm³/mol. The van der Waals surface area contributed by atoms with Crippen molar-refractivity contribution in [2.75, 3.05) is 0 Å². The quantitative estimate of drug-likeness (QED) is 0.607. The molecule has 46 valence electrons. The molecule has 0 aliphatic rings. The van der Waals surface area contributed by atoms with Crippen molar-refractivity contribution in [2.45, 2.75) is 0 Å². The van der Waals surface area contributed by atoms with Gasteiger partial charge >= 0.3 is 0 Å². The second-order valence-electron chi connectivity index (χ2n) is 1.58. The second kappa shape index (κ2) is 2.19. The third-order valence-electron chi connectivity index (χ3n) is 1.00.